The van der Waals surface area contributed by atoms with Gasteiger partial charge in [-0.15, -0.1) is 0 Å². The fourth-order valence-corrected chi connectivity index (χ4v) is 3.60. The van der Waals surface area contributed by atoms with E-state index in [0.29, 0.717) is 51.8 Å². The highest BCUT2D eigenvalue weighted by Crippen LogP contribution is 2.33. The summed E-state index contributed by atoms with van der Waals surface area (Å²) in [6.07, 6.45) is -0.0168. The van der Waals surface area contributed by atoms with Crippen LogP contribution in [-0.2, 0) is 14.3 Å². The van der Waals surface area contributed by atoms with Crippen molar-refractivity contribution in [2.24, 2.45) is 5.92 Å². The first-order chi connectivity index (χ1) is 10.5. The van der Waals surface area contributed by atoms with E-state index in [1.54, 1.807) is 0 Å². The molecular formula is C16H27FN2O3. The SMILES string of the molecule is CC(C)N1CCOC[C@@]2(CN(C(=O)C3CC(F)C3)CCO2)C1. The highest BCUT2D eigenvalue weighted by Gasteiger charge is 2.44. The first kappa shape index (κ1) is 16.1. The Morgan fingerprint density at radius 3 is 2.68 bits per heavy atom. The lowest BCUT2D eigenvalue weighted by atomic mass is 9.82. The molecular weight excluding hydrogens is 287 g/mol. The van der Waals surface area contributed by atoms with E-state index in [2.05, 4.69) is 18.7 Å². The van der Waals surface area contributed by atoms with Crippen LogP contribution in [0.15, 0.2) is 0 Å². The molecule has 0 N–H and O–H groups in total. The number of halogens is 1. The number of nitrogens with zero attached hydrogens (tertiary/aromatic N) is 2. The van der Waals surface area contributed by atoms with Crippen LogP contribution in [-0.4, -0.2) is 79.5 Å². The molecule has 1 saturated carbocycles. The number of hydrogen-bond acceptors (Lipinski definition) is 4. The first-order valence-electron chi connectivity index (χ1n) is 8.38. The fourth-order valence-electron chi connectivity index (χ4n) is 3.60. The van der Waals surface area contributed by atoms with Crippen LogP contribution in [0.1, 0.15) is 26.7 Å². The Morgan fingerprint density at radius 1 is 1.23 bits per heavy atom. The van der Waals surface area contributed by atoms with Gasteiger partial charge in [-0.25, -0.2) is 4.39 Å². The minimum atomic E-state index is -0.790. The van der Waals surface area contributed by atoms with E-state index in [0.717, 1.165) is 13.1 Å². The van der Waals surface area contributed by atoms with E-state index < -0.39 is 11.8 Å². The van der Waals surface area contributed by atoms with Gasteiger partial charge in [0.05, 0.1) is 26.4 Å². The molecule has 2 heterocycles. The topological polar surface area (TPSA) is 42.0 Å². The van der Waals surface area contributed by atoms with Crippen molar-refractivity contribution in [3.05, 3.63) is 0 Å². The van der Waals surface area contributed by atoms with Crippen molar-refractivity contribution in [1.29, 1.82) is 0 Å². The van der Waals surface area contributed by atoms with Gasteiger partial charge in [-0.1, -0.05) is 0 Å². The maximum absolute atomic E-state index is 13.0. The molecule has 5 nitrogen and oxygen atoms in total. The van der Waals surface area contributed by atoms with Crippen LogP contribution in [0.5, 0.6) is 0 Å². The molecule has 0 aromatic carbocycles. The normalized spacial score (nSPS) is 37.2. The van der Waals surface area contributed by atoms with Crippen molar-refractivity contribution in [3.8, 4) is 0 Å². The number of hydrogen-bond donors (Lipinski definition) is 0. The van der Waals surface area contributed by atoms with Gasteiger partial charge in [0.25, 0.3) is 0 Å². The molecule has 2 aliphatic heterocycles. The standard InChI is InChI=1S/C16H27FN2O3/c1-12(2)18-3-5-21-11-16(9-18)10-19(4-6-22-16)15(20)13-7-14(17)8-13/h12-14H,3-11H2,1-2H3/t13?,14?,16-/m0/s1. The summed E-state index contributed by atoms with van der Waals surface area (Å²) in [6.45, 7) is 8.93. The van der Waals surface area contributed by atoms with Gasteiger partial charge in [0.15, 0.2) is 0 Å². The molecule has 3 aliphatic rings. The molecule has 0 unspecified atom stereocenters. The van der Waals surface area contributed by atoms with Crippen LogP contribution in [0.2, 0.25) is 0 Å². The molecule has 1 aliphatic carbocycles. The van der Waals surface area contributed by atoms with E-state index >= 15 is 0 Å². The second-order valence-corrected chi connectivity index (χ2v) is 7.17. The van der Waals surface area contributed by atoms with Crippen LogP contribution >= 0.6 is 0 Å². The van der Waals surface area contributed by atoms with Crippen LogP contribution < -0.4 is 0 Å². The van der Waals surface area contributed by atoms with Crippen molar-refractivity contribution in [2.75, 3.05) is 46.0 Å². The summed E-state index contributed by atoms with van der Waals surface area (Å²) in [6, 6.07) is 0.423. The summed E-state index contributed by atoms with van der Waals surface area (Å²) in [5.74, 6) is -0.0324. The van der Waals surface area contributed by atoms with Gasteiger partial charge in [-0.05, 0) is 26.7 Å². The number of morpholine rings is 1. The van der Waals surface area contributed by atoms with Gasteiger partial charge in [0, 0.05) is 31.6 Å². The number of rotatable bonds is 2. The number of carbonyl (C=O) groups is 1. The Hall–Kier alpha value is -0.720. The maximum atomic E-state index is 13.0. The number of alkyl halides is 1. The van der Waals surface area contributed by atoms with E-state index in [9.17, 15) is 9.18 Å². The predicted octanol–water partition coefficient (Wildman–Crippen LogP) is 1.07. The van der Waals surface area contributed by atoms with Crippen molar-refractivity contribution in [1.82, 2.24) is 9.80 Å². The Balaban J connectivity index is 1.66. The second kappa shape index (κ2) is 6.42. The average Bonchev–Trinajstić information content (AvgIpc) is 2.66. The summed E-state index contributed by atoms with van der Waals surface area (Å²) in [5.41, 5.74) is -0.437. The van der Waals surface area contributed by atoms with Gasteiger partial charge in [0.1, 0.15) is 11.8 Å². The lowest BCUT2D eigenvalue weighted by Gasteiger charge is -2.45. The van der Waals surface area contributed by atoms with Crippen LogP contribution in [0.4, 0.5) is 4.39 Å². The zero-order chi connectivity index (χ0) is 15.7. The number of ether oxygens (including phenoxy) is 2. The largest absolute Gasteiger partial charge is 0.377 e. The lowest BCUT2D eigenvalue weighted by Crippen LogP contribution is -2.61. The van der Waals surface area contributed by atoms with Gasteiger partial charge in [-0.2, -0.15) is 0 Å². The molecule has 3 fully saturated rings. The molecule has 0 bridgehead atoms. The molecule has 1 amide bonds. The number of carbonyl (C=O) groups excluding carboxylic acids is 1. The first-order valence-corrected chi connectivity index (χ1v) is 8.38. The molecule has 22 heavy (non-hydrogen) atoms. The Labute approximate surface area is 131 Å². The smallest absolute Gasteiger partial charge is 0.226 e. The molecule has 6 heteroatoms. The third-order valence-electron chi connectivity index (χ3n) is 5.10. The summed E-state index contributed by atoms with van der Waals surface area (Å²) >= 11 is 0. The molecule has 1 atom stereocenters. The summed E-state index contributed by atoms with van der Waals surface area (Å²) < 4.78 is 24.8. The van der Waals surface area contributed by atoms with E-state index in [1.807, 2.05) is 4.90 Å². The monoisotopic (exact) mass is 314 g/mol. The molecule has 0 aromatic heterocycles. The quantitative estimate of drug-likeness (QED) is 0.765. The van der Waals surface area contributed by atoms with Gasteiger partial charge in [-0.3, -0.25) is 9.69 Å². The minimum absolute atomic E-state index is 0.0944. The van der Waals surface area contributed by atoms with E-state index in [1.165, 1.54) is 0 Å². The predicted molar refractivity (Wildman–Crippen MR) is 80.4 cm³/mol. The minimum Gasteiger partial charge on any atom is -0.377 e. The summed E-state index contributed by atoms with van der Waals surface area (Å²) in [4.78, 5) is 16.7. The molecule has 0 aromatic rings. The average molecular weight is 314 g/mol. The van der Waals surface area contributed by atoms with Crippen molar-refractivity contribution in [3.63, 3.8) is 0 Å². The Bertz CT molecular complexity index is 414. The molecule has 2 saturated heterocycles. The van der Waals surface area contributed by atoms with Gasteiger partial charge in [0.2, 0.25) is 5.91 Å². The van der Waals surface area contributed by atoms with E-state index in [4.69, 9.17) is 9.47 Å². The molecule has 1 spiro atoms. The third-order valence-corrected chi connectivity index (χ3v) is 5.10. The second-order valence-electron chi connectivity index (χ2n) is 7.17. The van der Waals surface area contributed by atoms with Crippen molar-refractivity contribution in [2.45, 2.75) is 44.5 Å². The van der Waals surface area contributed by atoms with Crippen molar-refractivity contribution < 1.29 is 18.7 Å². The molecule has 3 rings (SSSR count). The van der Waals surface area contributed by atoms with Crippen LogP contribution in [0.25, 0.3) is 0 Å². The van der Waals surface area contributed by atoms with Crippen molar-refractivity contribution >= 4 is 5.91 Å². The summed E-state index contributed by atoms with van der Waals surface area (Å²) in [7, 11) is 0. The zero-order valence-corrected chi connectivity index (χ0v) is 13.6. The van der Waals surface area contributed by atoms with Gasteiger partial charge < -0.3 is 14.4 Å². The molecule has 126 valence electrons. The fraction of sp³-hybridized carbons (Fsp3) is 0.938. The lowest BCUT2D eigenvalue weighted by molar-refractivity contribution is -0.168. The Kier molecular flexibility index (Phi) is 4.71. The Morgan fingerprint density at radius 2 is 2.00 bits per heavy atom. The maximum Gasteiger partial charge on any atom is 0.226 e. The van der Waals surface area contributed by atoms with Gasteiger partial charge >= 0.3 is 0 Å². The number of amides is 1. The van der Waals surface area contributed by atoms with Crippen LogP contribution in [0, 0.1) is 5.92 Å². The summed E-state index contributed by atoms with van der Waals surface area (Å²) in [5, 5.41) is 0. The zero-order valence-electron chi connectivity index (χ0n) is 13.6. The highest BCUT2D eigenvalue weighted by atomic mass is 19.1. The third kappa shape index (κ3) is 3.29. The van der Waals surface area contributed by atoms with Crippen LogP contribution in [0.3, 0.4) is 0 Å². The highest BCUT2D eigenvalue weighted by molar-refractivity contribution is 5.80. The molecule has 0 radical (unpaired) electrons. The van der Waals surface area contributed by atoms with E-state index in [-0.39, 0.29) is 11.8 Å².